The average Bonchev–Trinajstić information content (AvgIpc) is 2.89. The summed E-state index contributed by atoms with van der Waals surface area (Å²) >= 11 is 0. The Bertz CT molecular complexity index is 706. The standard InChI is InChI=1S/C27H52NO10P/c1-3-5-7-9-11-12-13-14-16-18-25(30)28-24(27(32)33)22-38-39(34,35)37-21-23(29)20-36-26(31)19-17-15-10-8-6-4-2/h23-24,29H,3-22H2,1-2H3,(H,28,30)(H,32,33)(H,34,35). The van der Waals surface area contributed by atoms with Crippen molar-refractivity contribution in [3.63, 3.8) is 0 Å². The maximum Gasteiger partial charge on any atom is 0.472 e. The molecule has 0 saturated carbocycles. The van der Waals surface area contributed by atoms with Crippen LogP contribution in [0.4, 0.5) is 0 Å². The van der Waals surface area contributed by atoms with Crippen LogP contribution in [0.3, 0.4) is 0 Å². The van der Waals surface area contributed by atoms with Crippen LogP contribution in [-0.2, 0) is 32.7 Å². The van der Waals surface area contributed by atoms with Gasteiger partial charge in [-0.15, -0.1) is 0 Å². The fraction of sp³-hybridized carbons (Fsp3) is 0.889. The number of aliphatic hydroxyl groups is 1. The molecule has 0 radical (unpaired) electrons. The third-order valence-corrected chi connectivity index (χ3v) is 7.10. The Kier molecular flexibility index (Phi) is 23.3. The highest BCUT2D eigenvalue weighted by Gasteiger charge is 2.28. The van der Waals surface area contributed by atoms with Crippen molar-refractivity contribution in [1.29, 1.82) is 0 Å². The summed E-state index contributed by atoms with van der Waals surface area (Å²) in [5.74, 6) is -2.39. The number of hydrogen-bond donors (Lipinski definition) is 4. The minimum atomic E-state index is -4.72. The molecule has 0 heterocycles. The lowest BCUT2D eigenvalue weighted by Crippen LogP contribution is -2.43. The van der Waals surface area contributed by atoms with Gasteiger partial charge in [0.2, 0.25) is 5.91 Å². The third-order valence-electron chi connectivity index (χ3n) is 6.15. The number of unbranched alkanes of at least 4 members (excludes halogenated alkanes) is 13. The Hall–Kier alpha value is -1.52. The Labute approximate surface area is 234 Å². The first kappa shape index (κ1) is 37.5. The highest BCUT2D eigenvalue weighted by atomic mass is 31.2. The maximum atomic E-state index is 12.1. The molecule has 0 rings (SSSR count). The van der Waals surface area contributed by atoms with E-state index in [2.05, 4.69) is 23.7 Å². The molecule has 0 aliphatic rings. The summed E-state index contributed by atoms with van der Waals surface area (Å²) in [5, 5.41) is 21.5. The zero-order valence-corrected chi connectivity index (χ0v) is 24.8. The number of aliphatic carboxylic acids is 1. The van der Waals surface area contributed by atoms with Crippen molar-refractivity contribution in [2.75, 3.05) is 19.8 Å². The third kappa shape index (κ3) is 24.0. The molecule has 0 spiro atoms. The normalized spacial score (nSPS) is 14.4. The number of carbonyl (C=O) groups is 3. The summed E-state index contributed by atoms with van der Waals surface area (Å²) in [5.41, 5.74) is 0. The van der Waals surface area contributed by atoms with Gasteiger partial charge in [-0.05, 0) is 12.8 Å². The Morgan fingerprint density at radius 1 is 0.718 bits per heavy atom. The molecule has 3 atom stereocenters. The van der Waals surface area contributed by atoms with Gasteiger partial charge in [-0.3, -0.25) is 18.6 Å². The van der Waals surface area contributed by atoms with E-state index >= 15 is 0 Å². The summed E-state index contributed by atoms with van der Waals surface area (Å²) in [6.07, 6.45) is 14.8. The lowest BCUT2D eigenvalue weighted by atomic mass is 10.1. The van der Waals surface area contributed by atoms with Crippen LogP contribution < -0.4 is 5.32 Å². The number of amides is 1. The molecule has 39 heavy (non-hydrogen) atoms. The SMILES string of the molecule is CCCCCCCCCCCC(=O)NC(COP(=O)(O)OCC(O)COC(=O)CCCCCCCC)C(=O)O. The van der Waals surface area contributed by atoms with Gasteiger partial charge in [0.05, 0.1) is 13.2 Å². The van der Waals surface area contributed by atoms with E-state index in [0.717, 1.165) is 44.9 Å². The van der Waals surface area contributed by atoms with Gasteiger partial charge in [0.1, 0.15) is 12.7 Å². The number of hydrogen-bond acceptors (Lipinski definition) is 8. The fourth-order valence-electron chi connectivity index (χ4n) is 3.78. The Morgan fingerprint density at radius 3 is 1.69 bits per heavy atom. The van der Waals surface area contributed by atoms with E-state index in [4.69, 9.17) is 9.26 Å². The zero-order chi connectivity index (χ0) is 29.4. The average molecular weight is 582 g/mol. The molecule has 0 aromatic rings. The predicted octanol–water partition coefficient (Wildman–Crippen LogP) is 5.27. The van der Waals surface area contributed by atoms with Crippen LogP contribution in [0.15, 0.2) is 0 Å². The molecule has 4 N–H and O–H groups in total. The van der Waals surface area contributed by atoms with Gasteiger partial charge in [-0.25, -0.2) is 9.36 Å². The summed E-state index contributed by atoms with van der Waals surface area (Å²) < 4.78 is 26.4. The number of carboxylic acid groups (broad SMARTS) is 1. The molecule has 0 aliphatic carbocycles. The number of carbonyl (C=O) groups excluding carboxylic acids is 2. The molecular weight excluding hydrogens is 529 g/mol. The summed E-state index contributed by atoms with van der Waals surface area (Å²) in [6.45, 7) is 2.42. The molecule has 0 aromatic carbocycles. The number of esters is 1. The zero-order valence-electron chi connectivity index (χ0n) is 23.9. The Balaban J connectivity index is 4.12. The molecule has 0 aliphatic heterocycles. The first-order chi connectivity index (χ1) is 18.6. The van der Waals surface area contributed by atoms with Crippen molar-refractivity contribution in [1.82, 2.24) is 5.32 Å². The quantitative estimate of drug-likeness (QED) is 0.0570. The monoisotopic (exact) mass is 581 g/mol. The van der Waals surface area contributed by atoms with Crippen molar-refractivity contribution in [2.24, 2.45) is 0 Å². The lowest BCUT2D eigenvalue weighted by molar-refractivity contribution is -0.147. The molecule has 230 valence electrons. The number of rotatable bonds is 27. The number of nitrogens with one attached hydrogen (secondary N) is 1. The molecule has 3 unspecified atom stereocenters. The van der Waals surface area contributed by atoms with Gasteiger partial charge in [-0.2, -0.15) is 0 Å². The topological polar surface area (TPSA) is 169 Å². The van der Waals surface area contributed by atoms with E-state index in [9.17, 15) is 34.1 Å². The van der Waals surface area contributed by atoms with Crippen LogP contribution in [0.25, 0.3) is 0 Å². The number of carboxylic acids is 1. The lowest BCUT2D eigenvalue weighted by Gasteiger charge is -2.18. The van der Waals surface area contributed by atoms with E-state index in [0.29, 0.717) is 12.8 Å². The van der Waals surface area contributed by atoms with E-state index in [1.807, 2.05) is 0 Å². The molecule has 0 bridgehead atoms. The van der Waals surface area contributed by atoms with Gasteiger partial charge in [-0.1, -0.05) is 97.3 Å². The molecule has 0 aromatic heterocycles. The van der Waals surface area contributed by atoms with Crippen molar-refractivity contribution >= 4 is 25.7 Å². The van der Waals surface area contributed by atoms with Gasteiger partial charge in [0.15, 0.2) is 6.04 Å². The first-order valence-electron chi connectivity index (χ1n) is 14.6. The smallest absolute Gasteiger partial charge is 0.472 e. The van der Waals surface area contributed by atoms with Crippen molar-refractivity contribution in [3.8, 4) is 0 Å². The Morgan fingerprint density at radius 2 is 1.18 bits per heavy atom. The molecule has 0 fully saturated rings. The van der Waals surface area contributed by atoms with Crippen LogP contribution in [0, 0.1) is 0 Å². The minimum Gasteiger partial charge on any atom is -0.480 e. The largest absolute Gasteiger partial charge is 0.480 e. The van der Waals surface area contributed by atoms with Crippen LogP contribution in [0.5, 0.6) is 0 Å². The highest BCUT2D eigenvalue weighted by molar-refractivity contribution is 7.47. The van der Waals surface area contributed by atoms with E-state index in [1.54, 1.807) is 0 Å². The number of phosphoric ester groups is 1. The number of ether oxygens (including phenoxy) is 1. The fourth-order valence-corrected chi connectivity index (χ4v) is 4.56. The summed E-state index contributed by atoms with van der Waals surface area (Å²) in [4.78, 5) is 45.0. The van der Waals surface area contributed by atoms with Crippen LogP contribution in [-0.4, -0.2) is 64.9 Å². The van der Waals surface area contributed by atoms with Gasteiger partial charge < -0.3 is 25.2 Å². The summed E-state index contributed by atoms with van der Waals surface area (Å²) in [6, 6.07) is -1.53. The molecular formula is C27H52NO10P. The van der Waals surface area contributed by atoms with E-state index in [1.165, 1.54) is 38.5 Å². The molecule has 12 heteroatoms. The second kappa shape index (κ2) is 24.3. The van der Waals surface area contributed by atoms with Crippen LogP contribution in [0.1, 0.15) is 123 Å². The molecule has 11 nitrogen and oxygen atoms in total. The second-order valence-corrected chi connectivity index (χ2v) is 11.4. The molecule has 0 saturated heterocycles. The minimum absolute atomic E-state index is 0.149. The van der Waals surface area contributed by atoms with Crippen molar-refractivity contribution in [3.05, 3.63) is 0 Å². The van der Waals surface area contributed by atoms with E-state index < -0.39 is 57.6 Å². The van der Waals surface area contributed by atoms with Crippen molar-refractivity contribution in [2.45, 2.75) is 135 Å². The number of aliphatic hydroxyl groups excluding tert-OH is 1. The second-order valence-electron chi connectivity index (χ2n) is 9.95. The maximum absolute atomic E-state index is 12.1. The molecule has 1 amide bonds. The highest BCUT2D eigenvalue weighted by Crippen LogP contribution is 2.43. The van der Waals surface area contributed by atoms with Crippen LogP contribution in [0.2, 0.25) is 0 Å². The van der Waals surface area contributed by atoms with Crippen LogP contribution >= 0.6 is 7.82 Å². The predicted molar refractivity (Wildman–Crippen MR) is 148 cm³/mol. The van der Waals surface area contributed by atoms with Gasteiger partial charge in [0, 0.05) is 12.8 Å². The number of phosphoric acid groups is 1. The van der Waals surface area contributed by atoms with Gasteiger partial charge in [0.25, 0.3) is 0 Å². The van der Waals surface area contributed by atoms with E-state index in [-0.39, 0.29) is 12.8 Å². The van der Waals surface area contributed by atoms with Crippen molar-refractivity contribution < 1.29 is 47.8 Å². The first-order valence-corrected chi connectivity index (χ1v) is 16.1. The van der Waals surface area contributed by atoms with Gasteiger partial charge >= 0.3 is 19.8 Å². The summed E-state index contributed by atoms with van der Waals surface area (Å²) in [7, 11) is -4.72.